The maximum atomic E-state index is 5.53. The molecule has 0 aliphatic heterocycles. The van der Waals surface area contributed by atoms with Crippen molar-refractivity contribution in [3.63, 3.8) is 0 Å². The molecule has 0 amide bonds. The molecule has 0 bridgehead atoms. The van der Waals surface area contributed by atoms with Crippen LogP contribution in [0.25, 0.3) is 11.3 Å². The third-order valence-corrected chi connectivity index (χ3v) is 3.72. The Morgan fingerprint density at radius 3 is 2.73 bits per heavy atom. The van der Waals surface area contributed by atoms with Gasteiger partial charge in [-0.1, -0.05) is 19.4 Å². The number of benzene rings is 1. The van der Waals surface area contributed by atoms with Gasteiger partial charge in [0.15, 0.2) is 11.5 Å². The van der Waals surface area contributed by atoms with Gasteiger partial charge in [0, 0.05) is 17.7 Å². The first-order valence-electron chi connectivity index (χ1n) is 7.63. The van der Waals surface area contributed by atoms with Gasteiger partial charge in [0.2, 0.25) is 0 Å². The Morgan fingerprint density at radius 2 is 2.05 bits per heavy atom. The molecule has 0 fully saturated rings. The summed E-state index contributed by atoms with van der Waals surface area (Å²) in [6.45, 7) is 4.14. The van der Waals surface area contributed by atoms with Gasteiger partial charge >= 0.3 is 0 Å². The van der Waals surface area contributed by atoms with Gasteiger partial charge in [-0.3, -0.25) is 5.10 Å². The summed E-state index contributed by atoms with van der Waals surface area (Å²) in [5, 5.41) is 7.31. The third kappa shape index (κ3) is 3.60. The molecule has 0 saturated carbocycles. The first-order valence-corrected chi connectivity index (χ1v) is 7.63. The van der Waals surface area contributed by atoms with Crippen LogP contribution < -0.4 is 9.47 Å². The number of nitrogens with zero attached hydrogens (tertiary/aromatic N) is 2. The molecule has 1 heterocycles. The summed E-state index contributed by atoms with van der Waals surface area (Å²) in [6, 6.07) is 5.87. The topological polar surface area (TPSA) is 50.4 Å². The number of para-hydroxylation sites is 1. The second kappa shape index (κ2) is 7.84. The Hall–Kier alpha value is -2.01. The van der Waals surface area contributed by atoms with Crippen LogP contribution in [0.1, 0.15) is 25.3 Å². The first-order chi connectivity index (χ1) is 10.7. The van der Waals surface area contributed by atoms with Crippen LogP contribution in [0.3, 0.4) is 0 Å². The molecule has 0 spiro atoms. The molecule has 0 radical (unpaired) electrons. The van der Waals surface area contributed by atoms with Crippen molar-refractivity contribution < 1.29 is 9.47 Å². The fourth-order valence-corrected chi connectivity index (χ4v) is 2.55. The number of aromatic nitrogens is 2. The van der Waals surface area contributed by atoms with Crippen LogP contribution in [0.5, 0.6) is 11.5 Å². The van der Waals surface area contributed by atoms with Gasteiger partial charge < -0.3 is 14.4 Å². The highest BCUT2D eigenvalue weighted by atomic mass is 16.5. The Morgan fingerprint density at radius 1 is 1.23 bits per heavy atom. The minimum absolute atomic E-state index is 0.722. The Balaban J connectivity index is 2.29. The van der Waals surface area contributed by atoms with Crippen molar-refractivity contribution >= 4 is 0 Å². The highest BCUT2D eigenvalue weighted by Gasteiger charge is 2.16. The Labute approximate surface area is 132 Å². The zero-order chi connectivity index (χ0) is 15.9. The van der Waals surface area contributed by atoms with E-state index in [-0.39, 0.29) is 0 Å². The van der Waals surface area contributed by atoms with E-state index in [1.54, 1.807) is 14.2 Å². The van der Waals surface area contributed by atoms with Crippen LogP contribution >= 0.6 is 0 Å². The number of hydrogen-bond donors (Lipinski definition) is 1. The monoisotopic (exact) mass is 303 g/mol. The van der Waals surface area contributed by atoms with Gasteiger partial charge in [0.05, 0.1) is 26.1 Å². The zero-order valence-electron chi connectivity index (χ0n) is 13.8. The third-order valence-electron chi connectivity index (χ3n) is 3.72. The van der Waals surface area contributed by atoms with E-state index in [1.165, 1.54) is 12.8 Å². The van der Waals surface area contributed by atoms with Crippen molar-refractivity contribution in [2.24, 2.45) is 0 Å². The van der Waals surface area contributed by atoms with Crippen LogP contribution in [0, 0.1) is 0 Å². The first kappa shape index (κ1) is 16.4. The number of aromatic amines is 1. The molecule has 1 aromatic carbocycles. The van der Waals surface area contributed by atoms with Crippen LogP contribution in [0.4, 0.5) is 0 Å². The van der Waals surface area contributed by atoms with E-state index in [9.17, 15) is 0 Å². The highest BCUT2D eigenvalue weighted by Crippen LogP contribution is 2.38. The summed E-state index contributed by atoms with van der Waals surface area (Å²) >= 11 is 0. The minimum atomic E-state index is 0.722. The van der Waals surface area contributed by atoms with Crippen molar-refractivity contribution in [3.8, 4) is 22.8 Å². The van der Waals surface area contributed by atoms with Crippen molar-refractivity contribution in [3.05, 3.63) is 30.0 Å². The summed E-state index contributed by atoms with van der Waals surface area (Å²) in [4.78, 5) is 2.31. The lowest BCUT2D eigenvalue weighted by Gasteiger charge is -2.17. The van der Waals surface area contributed by atoms with Crippen LogP contribution in [-0.2, 0) is 6.54 Å². The maximum Gasteiger partial charge on any atom is 0.170 e. The molecule has 120 valence electrons. The second-order valence-corrected chi connectivity index (χ2v) is 5.40. The summed E-state index contributed by atoms with van der Waals surface area (Å²) in [6.07, 6.45) is 4.29. The molecule has 2 aromatic rings. The Kier molecular flexibility index (Phi) is 5.83. The molecule has 0 aliphatic rings. The summed E-state index contributed by atoms with van der Waals surface area (Å²) in [5.41, 5.74) is 3.11. The molecule has 1 aromatic heterocycles. The van der Waals surface area contributed by atoms with Crippen molar-refractivity contribution in [2.75, 3.05) is 27.8 Å². The average molecular weight is 303 g/mol. The van der Waals surface area contributed by atoms with E-state index in [0.29, 0.717) is 0 Å². The lowest BCUT2D eigenvalue weighted by atomic mass is 10.1. The number of rotatable bonds is 8. The van der Waals surface area contributed by atoms with E-state index in [4.69, 9.17) is 9.47 Å². The lowest BCUT2D eigenvalue weighted by Crippen LogP contribution is -2.19. The lowest BCUT2D eigenvalue weighted by molar-refractivity contribution is 0.321. The van der Waals surface area contributed by atoms with Gasteiger partial charge in [0.25, 0.3) is 0 Å². The number of H-pyrrole nitrogens is 1. The van der Waals surface area contributed by atoms with Gasteiger partial charge in [-0.15, -0.1) is 0 Å². The summed E-state index contributed by atoms with van der Waals surface area (Å²) < 4.78 is 10.9. The SMILES string of the molecule is CCCCN(C)Cc1cn[nH]c1-c1cccc(OC)c1OC. The summed E-state index contributed by atoms with van der Waals surface area (Å²) in [7, 11) is 5.44. The van der Waals surface area contributed by atoms with Crippen LogP contribution in [-0.4, -0.2) is 42.9 Å². The van der Waals surface area contributed by atoms with Gasteiger partial charge in [-0.05, 0) is 32.1 Å². The molecule has 1 N–H and O–H groups in total. The van der Waals surface area contributed by atoms with E-state index in [2.05, 4.69) is 29.1 Å². The smallest absolute Gasteiger partial charge is 0.170 e. The molecule has 5 nitrogen and oxygen atoms in total. The average Bonchev–Trinajstić information content (AvgIpc) is 2.99. The van der Waals surface area contributed by atoms with E-state index in [1.807, 2.05) is 24.4 Å². The predicted molar refractivity (Wildman–Crippen MR) is 88.4 cm³/mol. The zero-order valence-corrected chi connectivity index (χ0v) is 13.8. The van der Waals surface area contributed by atoms with E-state index < -0.39 is 0 Å². The van der Waals surface area contributed by atoms with Crippen molar-refractivity contribution in [2.45, 2.75) is 26.3 Å². The van der Waals surface area contributed by atoms with Gasteiger partial charge in [-0.25, -0.2) is 0 Å². The molecular weight excluding hydrogens is 278 g/mol. The Bertz CT molecular complexity index is 595. The van der Waals surface area contributed by atoms with E-state index >= 15 is 0 Å². The molecule has 0 unspecified atom stereocenters. The number of ether oxygens (including phenoxy) is 2. The van der Waals surface area contributed by atoms with E-state index in [0.717, 1.165) is 41.4 Å². The van der Waals surface area contributed by atoms with Gasteiger partial charge in [-0.2, -0.15) is 5.10 Å². The molecule has 0 atom stereocenters. The molecule has 0 saturated heterocycles. The molecular formula is C17H25N3O2. The molecule has 2 rings (SSSR count). The molecule has 0 aliphatic carbocycles. The van der Waals surface area contributed by atoms with Crippen LogP contribution in [0.2, 0.25) is 0 Å². The maximum absolute atomic E-state index is 5.53. The fourth-order valence-electron chi connectivity index (χ4n) is 2.55. The highest BCUT2D eigenvalue weighted by molar-refractivity contribution is 5.73. The number of methoxy groups -OCH3 is 2. The standard InChI is InChI=1S/C17H25N3O2/c1-5-6-10-20(2)12-13-11-18-19-16(13)14-8-7-9-15(21-3)17(14)22-4/h7-9,11H,5-6,10,12H2,1-4H3,(H,18,19). The largest absolute Gasteiger partial charge is 0.493 e. The van der Waals surface area contributed by atoms with Gasteiger partial charge in [0.1, 0.15) is 0 Å². The minimum Gasteiger partial charge on any atom is -0.493 e. The number of unbranched alkanes of at least 4 members (excludes halogenated alkanes) is 1. The molecule has 5 heteroatoms. The van der Waals surface area contributed by atoms with Crippen molar-refractivity contribution in [1.29, 1.82) is 0 Å². The van der Waals surface area contributed by atoms with Crippen LogP contribution in [0.15, 0.2) is 24.4 Å². The quantitative estimate of drug-likeness (QED) is 0.812. The summed E-state index contributed by atoms with van der Waals surface area (Å²) in [5.74, 6) is 1.45. The predicted octanol–water partition coefficient (Wildman–Crippen LogP) is 3.33. The fraction of sp³-hybridized carbons (Fsp3) is 0.471. The normalized spacial score (nSPS) is 11.0. The second-order valence-electron chi connectivity index (χ2n) is 5.40. The molecule has 22 heavy (non-hydrogen) atoms. The van der Waals surface area contributed by atoms with Crippen molar-refractivity contribution in [1.82, 2.24) is 15.1 Å². The number of nitrogens with one attached hydrogen (secondary N) is 1. The number of hydrogen-bond acceptors (Lipinski definition) is 4.